The molecule has 2 aromatic heterocycles. The van der Waals surface area contributed by atoms with Gasteiger partial charge in [-0.15, -0.1) is 11.3 Å². The van der Waals surface area contributed by atoms with Crippen LogP contribution in [0.5, 0.6) is 0 Å². The van der Waals surface area contributed by atoms with E-state index in [9.17, 15) is 13.2 Å². The average Bonchev–Trinajstić information content (AvgIpc) is 3.27. The monoisotopic (exact) mass is 458 g/mol. The molecule has 0 bridgehead atoms. The summed E-state index contributed by atoms with van der Waals surface area (Å²) in [7, 11) is -3.60. The Morgan fingerprint density at radius 2 is 1.82 bits per heavy atom. The molecule has 6 nitrogen and oxygen atoms in total. The minimum Gasteiger partial charge on any atom is -0.449 e. The number of carbonyl (C=O) groups is 1. The molecule has 0 spiro atoms. The van der Waals surface area contributed by atoms with E-state index in [2.05, 4.69) is 0 Å². The number of furan rings is 1. The standard InChI is InChI=1S/C18H16Cl2N2O4S2/c1-11-12-3-2-4-13(19)17(12)26-16(11)18(23)21-7-9-22(10-8-21)28(24,25)15-6-5-14(20)27-15/h2-6H,7-10H2,1H3. The van der Waals surface area contributed by atoms with Gasteiger partial charge in [-0.05, 0) is 25.1 Å². The predicted octanol–water partition coefficient (Wildman–Crippen LogP) is 4.26. The number of benzene rings is 1. The number of nitrogens with zero attached hydrogens (tertiary/aromatic N) is 2. The van der Waals surface area contributed by atoms with Crippen molar-refractivity contribution in [3.05, 3.63) is 51.0 Å². The van der Waals surface area contributed by atoms with Gasteiger partial charge in [-0.1, -0.05) is 35.3 Å². The first-order valence-electron chi connectivity index (χ1n) is 8.51. The van der Waals surface area contributed by atoms with Gasteiger partial charge in [-0.3, -0.25) is 4.79 Å². The first-order valence-corrected chi connectivity index (χ1v) is 11.5. The minimum absolute atomic E-state index is 0.208. The Morgan fingerprint density at radius 1 is 1.11 bits per heavy atom. The van der Waals surface area contributed by atoms with E-state index in [1.54, 1.807) is 17.0 Å². The third-order valence-corrected chi connectivity index (χ3v) is 8.67. The molecular weight excluding hydrogens is 443 g/mol. The molecule has 1 aliphatic heterocycles. The second-order valence-corrected chi connectivity index (χ2v) is 10.7. The highest BCUT2D eigenvalue weighted by molar-refractivity contribution is 7.91. The van der Waals surface area contributed by atoms with Crippen LogP contribution < -0.4 is 0 Å². The maximum absolute atomic E-state index is 12.9. The van der Waals surface area contributed by atoms with Crippen molar-refractivity contribution in [1.82, 2.24) is 9.21 Å². The quantitative estimate of drug-likeness (QED) is 0.587. The predicted molar refractivity (Wildman–Crippen MR) is 110 cm³/mol. The van der Waals surface area contributed by atoms with E-state index in [0.29, 0.717) is 14.9 Å². The van der Waals surface area contributed by atoms with E-state index in [-0.39, 0.29) is 42.1 Å². The second kappa shape index (κ2) is 7.35. The van der Waals surface area contributed by atoms with Crippen LogP contribution in [0.25, 0.3) is 11.0 Å². The molecular formula is C18H16Cl2N2O4S2. The third-order valence-electron chi connectivity index (χ3n) is 4.78. The Labute approximate surface area is 176 Å². The van der Waals surface area contributed by atoms with E-state index >= 15 is 0 Å². The summed E-state index contributed by atoms with van der Waals surface area (Å²) in [5.74, 6) is -0.0228. The van der Waals surface area contributed by atoms with E-state index < -0.39 is 10.0 Å². The molecule has 0 atom stereocenters. The molecule has 0 unspecified atom stereocenters. The van der Waals surface area contributed by atoms with Gasteiger partial charge in [-0.2, -0.15) is 4.31 Å². The number of amides is 1. The van der Waals surface area contributed by atoms with Gasteiger partial charge in [0, 0.05) is 37.1 Å². The highest BCUT2D eigenvalue weighted by atomic mass is 35.5. The lowest BCUT2D eigenvalue weighted by Crippen LogP contribution is -2.50. The number of rotatable bonds is 3. The second-order valence-electron chi connectivity index (χ2n) is 6.43. The number of hydrogen-bond donors (Lipinski definition) is 0. The molecule has 28 heavy (non-hydrogen) atoms. The fraction of sp³-hybridized carbons (Fsp3) is 0.278. The maximum atomic E-state index is 12.9. The number of fused-ring (bicyclic) bond motifs is 1. The van der Waals surface area contributed by atoms with Crippen LogP contribution in [0.1, 0.15) is 16.1 Å². The Bertz CT molecular complexity index is 1160. The lowest BCUT2D eigenvalue weighted by atomic mass is 10.1. The number of halogens is 2. The Kier molecular flexibility index (Phi) is 5.18. The molecule has 0 N–H and O–H groups in total. The lowest BCUT2D eigenvalue weighted by Gasteiger charge is -2.33. The summed E-state index contributed by atoms with van der Waals surface area (Å²) in [5, 5.41) is 1.25. The van der Waals surface area contributed by atoms with Crippen LogP contribution in [0.4, 0.5) is 0 Å². The normalized spacial score (nSPS) is 16.0. The molecule has 10 heteroatoms. The number of piperazine rings is 1. The Hall–Kier alpha value is -1.58. The van der Waals surface area contributed by atoms with Gasteiger partial charge in [0.2, 0.25) is 0 Å². The van der Waals surface area contributed by atoms with E-state index in [4.69, 9.17) is 27.6 Å². The van der Waals surface area contributed by atoms with Gasteiger partial charge in [0.05, 0.1) is 9.36 Å². The highest BCUT2D eigenvalue weighted by Crippen LogP contribution is 2.32. The first kappa shape index (κ1) is 19.7. The van der Waals surface area contributed by atoms with Crippen LogP contribution in [0.15, 0.2) is 39.0 Å². The van der Waals surface area contributed by atoms with Crippen LogP contribution in [0.2, 0.25) is 9.36 Å². The molecule has 1 aliphatic rings. The van der Waals surface area contributed by atoms with Gasteiger partial charge >= 0.3 is 0 Å². The van der Waals surface area contributed by atoms with Crippen molar-refractivity contribution >= 4 is 61.4 Å². The van der Waals surface area contributed by atoms with Crippen LogP contribution in [0, 0.1) is 6.92 Å². The maximum Gasteiger partial charge on any atom is 0.289 e. The van der Waals surface area contributed by atoms with Crippen LogP contribution in [-0.2, 0) is 10.0 Å². The number of sulfonamides is 1. The third kappa shape index (κ3) is 3.33. The molecule has 0 radical (unpaired) electrons. The summed E-state index contributed by atoms with van der Waals surface area (Å²) in [4.78, 5) is 14.5. The van der Waals surface area contributed by atoms with Crippen molar-refractivity contribution in [3.8, 4) is 0 Å². The Balaban J connectivity index is 1.52. The zero-order chi connectivity index (χ0) is 20.1. The van der Waals surface area contributed by atoms with Gasteiger partial charge in [-0.25, -0.2) is 8.42 Å². The van der Waals surface area contributed by atoms with Gasteiger partial charge in [0.15, 0.2) is 11.3 Å². The largest absolute Gasteiger partial charge is 0.449 e. The molecule has 0 saturated carbocycles. The molecule has 3 aromatic rings. The summed E-state index contributed by atoms with van der Waals surface area (Å²) >= 11 is 13.0. The molecule has 3 heterocycles. The zero-order valence-corrected chi connectivity index (χ0v) is 18.0. The van der Waals surface area contributed by atoms with E-state index in [1.807, 2.05) is 19.1 Å². The number of hydrogen-bond acceptors (Lipinski definition) is 5. The molecule has 148 valence electrons. The van der Waals surface area contributed by atoms with Crippen molar-refractivity contribution in [3.63, 3.8) is 0 Å². The molecule has 1 fully saturated rings. The van der Waals surface area contributed by atoms with Gasteiger partial charge < -0.3 is 9.32 Å². The lowest BCUT2D eigenvalue weighted by molar-refractivity contribution is 0.0667. The average molecular weight is 459 g/mol. The van der Waals surface area contributed by atoms with Crippen LogP contribution in [0.3, 0.4) is 0 Å². The van der Waals surface area contributed by atoms with Crippen LogP contribution in [-0.4, -0.2) is 49.7 Å². The molecule has 0 aliphatic carbocycles. The summed E-state index contributed by atoms with van der Waals surface area (Å²) < 4.78 is 33.1. The van der Waals surface area contributed by atoms with Gasteiger partial charge in [0.25, 0.3) is 15.9 Å². The summed E-state index contributed by atoms with van der Waals surface area (Å²) in [6.07, 6.45) is 0. The van der Waals surface area contributed by atoms with E-state index in [0.717, 1.165) is 22.3 Å². The molecule has 1 amide bonds. The van der Waals surface area contributed by atoms with Crippen LogP contribution >= 0.6 is 34.5 Å². The first-order chi connectivity index (χ1) is 13.3. The molecule has 1 aromatic carbocycles. The highest BCUT2D eigenvalue weighted by Gasteiger charge is 2.33. The summed E-state index contributed by atoms with van der Waals surface area (Å²) in [6.45, 7) is 2.80. The summed E-state index contributed by atoms with van der Waals surface area (Å²) in [6, 6.07) is 8.44. The van der Waals surface area contributed by atoms with Crippen molar-refractivity contribution < 1.29 is 17.6 Å². The zero-order valence-electron chi connectivity index (χ0n) is 14.8. The minimum atomic E-state index is -3.60. The Morgan fingerprint density at radius 3 is 2.43 bits per heavy atom. The van der Waals surface area contributed by atoms with Crippen molar-refractivity contribution in [2.45, 2.75) is 11.1 Å². The van der Waals surface area contributed by atoms with E-state index in [1.165, 1.54) is 10.4 Å². The topological polar surface area (TPSA) is 70.8 Å². The summed E-state index contributed by atoms with van der Waals surface area (Å²) in [5.41, 5.74) is 1.21. The number of para-hydroxylation sites is 1. The fourth-order valence-electron chi connectivity index (χ4n) is 3.25. The van der Waals surface area contributed by atoms with Gasteiger partial charge in [0.1, 0.15) is 4.21 Å². The fourth-order valence-corrected chi connectivity index (χ4v) is 6.52. The molecule has 1 saturated heterocycles. The number of thiophene rings is 1. The molecule has 4 rings (SSSR count). The number of aryl methyl sites for hydroxylation is 1. The van der Waals surface area contributed by atoms with Crippen molar-refractivity contribution in [2.75, 3.05) is 26.2 Å². The smallest absolute Gasteiger partial charge is 0.289 e. The van der Waals surface area contributed by atoms with Crippen molar-refractivity contribution in [2.24, 2.45) is 0 Å². The van der Waals surface area contributed by atoms with Crippen molar-refractivity contribution in [1.29, 1.82) is 0 Å². The number of carbonyl (C=O) groups excluding carboxylic acids is 1. The SMILES string of the molecule is Cc1c(C(=O)N2CCN(S(=O)(=O)c3ccc(Cl)s3)CC2)oc2c(Cl)cccc12.